The third-order valence-electron chi connectivity index (χ3n) is 6.26. The van der Waals surface area contributed by atoms with Crippen LogP contribution in [0.3, 0.4) is 0 Å². The number of furan rings is 1. The lowest BCUT2D eigenvalue weighted by Crippen LogP contribution is -2.29. The smallest absolute Gasteiger partial charge is 0.174 e. The number of hydrogen-bond donors (Lipinski definition) is 1. The number of pyridine rings is 1. The fraction of sp³-hybridized carbons (Fsp3) is 0.231. The van der Waals surface area contributed by atoms with E-state index in [1.165, 1.54) is 17.0 Å². The summed E-state index contributed by atoms with van der Waals surface area (Å²) >= 11 is 5.86. The average molecular weight is 459 g/mol. The van der Waals surface area contributed by atoms with Gasteiger partial charge in [-0.05, 0) is 74.1 Å². The van der Waals surface area contributed by atoms with Gasteiger partial charge in [0.2, 0.25) is 0 Å². The minimum atomic E-state index is -0.0949. The molecule has 1 fully saturated rings. The van der Waals surface area contributed by atoms with Gasteiger partial charge >= 0.3 is 0 Å². The second kappa shape index (κ2) is 8.75. The number of hydrogen-bond acceptors (Lipinski definition) is 4. The first-order valence-electron chi connectivity index (χ1n) is 10.9. The summed E-state index contributed by atoms with van der Waals surface area (Å²) in [5, 5.41) is 4.20. The average Bonchev–Trinajstić information content (AvgIpc) is 3.54. The third-order valence-corrected chi connectivity index (χ3v) is 6.57. The van der Waals surface area contributed by atoms with Crippen molar-refractivity contribution < 1.29 is 9.15 Å². The number of nitrogens with zero attached hydrogens (tertiary/aromatic N) is 3. The van der Waals surface area contributed by atoms with Gasteiger partial charge in [0, 0.05) is 29.3 Å². The lowest BCUT2D eigenvalue weighted by Gasteiger charge is -2.28. The van der Waals surface area contributed by atoms with Gasteiger partial charge in [0.15, 0.2) is 5.11 Å². The van der Waals surface area contributed by atoms with Gasteiger partial charge in [-0.2, -0.15) is 0 Å². The maximum absolute atomic E-state index is 5.86. The molecule has 1 aromatic carbocycles. The van der Waals surface area contributed by atoms with Crippen LogP contribution in [-0.2, 0) is 6.54 Å². The quantitative estimate of drug-likeness (QED) is 0.394. The molecular weight excluding hydrogens is 432 g/mol. The SMILES string of the molecule is COc1cccc(N2C(=S)NC(c3ccccn3)C2c2cc(C)n(Cc3ccco3)c2C)c1. The number of nitrogens with one attached hydrogen (secondary N) is 1. The van der Waals surface area contributed by atoms with Crippen LogP contribution in [0, 0.1) is 13.8 Å². The van der Waals surface area contributed by atoms with E-state index in [1.807, 2.05) is 54.7 Å². The zero-order valence-electron chi connectivity index (χ0n) is 18.9. The molecule has 0 amide bonds. The Morgan fingerprint density at radius 2 is 1.97 bits per heavy atom. The summed E-state index contributed by atoms with van der Waals surface area (Å²) < 4.78 is 13.4. The fourth-order valence-corrected chi connectivity index (χ4v) is 4.98. The summed E-state index contributed by atoms with van der Waals surface area (Å²) in [5.74, 6) is 1.72. The molecule has 1 aliphatic rings. The van der Waals surface area contributed by atoms with Gasteiger partial charge in [-0.15, -0.1) is 0 Å². The number of rotatable bonds is 6. The largest absolute Gasteiger partial charge is 0.497 e. The molecule has 0 bridgehead atoms. The van der Waals surface area contributed by atoms with Gasteiger partial charge in [-0.3, -0.25) is 4.98 Å². The highest BCUT2D eigenvalue weighted by molar-refractivity contribution is 7.80. The van der Waals surface area contributed by atoms with Crippen molar-refractivity contribution in [3.8, 4) is 5.75 Å². The van der Waals surface area contributed by atoms with Crippen molar-refractivity contribution >= 4 is 23.0 Å². The van der Waals surface area contributed by atoms with E-state index in [-0.39, 0.29) is 12.1 Å². The predicted molar refractivity (Wildman–Crippen MR) is 133 cm³/mol. The summed E-state index contributed by atoms with van der Waals surface area (Å²) in [5.41, 5.74) is 5.47. The normalized spacial score (nSPS) is 17.9. The maximum atomic E-state index is 5.86. The van der Waals surface area contributed by atoms with Crippen molar-refractivity contribution in [1.29, 1.82) is 0 Å². The van der Waals surface area contributed by atoms with Crippen LogP contribution in [-0.4, -0.2) is 21.8 Å². The van der Waals surface area contributed by atoms with E-state index in [2.05, 4.69) is 45.7 Å². The van der Waals surface area contributed by atoms with Crippen molar-refractivity contribution in [1.82, 2.24) is 14.9 Å². The van der Waals surface area contributed by atoms with Gasteiger partial charge in [0.05, 0.1) is 37.7 Å². The summed E-state index contributed by atoms with van der Waals surface area (Å²) in [6.45, 7) is 4.97. The van der Waals surface area contributed by atoms with E-state index in [1.54, 1.807) is 13.4 Å². The molecule has 4 aromatic rings. The van der Waals surface area contributed by atoms with Crippen LogP contribution in [0.4, 0.5) is 5.69 Å². The van der Waals surface area contributed by atoms with E-state index in [9.17, 15) is 0 Å². The molecule has 3 aromatic heterocycles. The summed E-state index contributed by atoms with van der Waals surface area (Å²) in [4.78, 5) is 6.83. The summed E-state index contributed by atoms with van der Waals surface area (Å²) in [6, 6.07) is 20.0. The Bertz CT molecular complexity index is 1270. The van der Waals surface area contributed by atoms with Gasteiger partial charge < -0.3 is 23.9 Å². The lowest BCUT2D eigenvalue weighted by atomic mass is 9.96. The Kier molecular flexibility index (Phi) is 5.64. The molecule has 0 radical (unpaired) electrons. The first kappa shape index (κ1) is 21.3. The minimum Gasteiger partial charge on any atom is -0.497 e. The Hall–Kier alpha value is -3.58. The van der Waals surface area contributed by atoms with Crippen molar-refractivity contribution in [2.75, 3.05) is 12.0 Å². The summed E-state index contributed by atoms with van der Waals surface area (Å²) in [7, 11) is 1.68. The molecule has 0 saturated carbocycles. The maximum Gasteiger partial charge on any atom is 0.174 e. The van der Waals surface area contributed by atoms with E-state index in [4.69, 9.17) is 21.4 Å². The molecule has 4 heterocycles. The second-order valence-corrected chi connectivity index (χ2v) is 8.58. The molecule has 7 heteroatoms. The van der Waals surface area contributed by atoms with Crippen LogP contribution in [0.5, 0.6) is 5.75 Å². The molecule has 6 nitrogen and oxygen atoms in total. The number of thiocarbonyl (C=S) groups is 1. The van der Waals surface area contributed by atoms with Crippen LogP contribution in [0.1, 0.15) is 40.5 Å². The number of aromatic nitrogens is 2. The minimum absolute atomic E-state index is 0.0731. The fourth-order valence-electron chi connectivity index (χ4n) is 4.64. The molecule has 1 saturated heterocycles. The number of ether oxygens (including phenoxy) is 1. The van der Waals surface area contributed by atoms with Crippen molar-refractivity contribution in [2.24, 2.45) is 0 Å². The first-order chi connectivity index (χ1) is 16.1. The van der Waals surface area contributed by atoms with E-state index >= 15 is 0 Å². The highest BCUT2D eigenvalue weighted by Gasteiger charge is 2.42. The van der Waals surface area contributed by atoms with Gasteiger partial charge in [-0.25, -0.2) is 0 Å². The molecule has 5 rings (SSSR count). The Balaban J connectivity index is 1.63. The standard InChI is InChI=1S/C26H26N4O2S/c1-17-14-22(18(2)29(17)16-21-10-7-13-32-21)25-24(23-11-4-5-12-27-23)28-26(33)30(25)19-8-6-9-20(15-19)31-3/h4-15,24-25H,16H2,1-3H3,(H,28,33). The lowest BCUT2D eigenvalue weighted by molar-refractivity contribution is 0.415. The molecule has 0 spiro atoms. The Morgan fingerprint density at radius 1 is 1.09 bits per heavy atom. The molecule has 0 aliphatic carbocycles. The van der Waals surface area contributed by atoms with Crippen LogP contribution >= 0.6 is 12.2 Å². The molecule has 2 atom stereocenters. The summed E-state index contributed by atoms with van der Waals surface area (Å²) in [6.07, 6.45) is 3.54. The molecule has 2 unspecified atom stereocenters. The molecule has 168 valence electrons. The van der Waals surface area contributed by atoms with Crippen molar-refractivity contribution in [3.05, 3.63) is 102 Å². The molecule has 33 heavy (non-hydrogen) atoms. The van der Waals surface area contributed by atoms with Crippen LogP contribution in [0.2, 0.25) is 0 Å². The van der Waals surface area contributed by atoms with Gasteiger partial charge in [0.1, 0.15) is 11.5 Å². The zero-order valence-corrected chi connectivity index (χ0v) is 19.7. The number of anilines is 1. The van der Waals surface area contributed by atoms with Crippen molar-refractivity contribution in [3.63, 3.8) is 0 Å². The van der Waals surface area contributed by atoms with Crippen LogP contribution in [0.15, 0.2) is 77.5 Å². The Morgan fingerprint density at radius 3 is 2.70 bits per heavy atom. The Labute approximate surface area is 198 Å². The van der Waals surface area contributed by atoms with E-state index in [0.717, 1.165) is 22.9 Å². The van der Waals surface area contributed by atoms with Gasteiger partial charge in [0.25, 0.3) is 0 Å². The van der Waals surface area contributed by atoms with Gasteiger partial charge in [-0.1, -0.05) is 12.1 Å². The predicted octanol–water partition coefficient (Wildman–Crippen LogP) is 5.33. The molecule has 1 aliphatic heterocycles. The molecule has 1 N–H and O–H groups in total. The van der Waals surface area contributed by atoms with Crippen molar-refractivity contribution in [2.45, 2.75) is 32.5 Å². The number of benzene rings is 1. The molecular formula is C26H26N4O2S. The van der Waals surface area contributed by atoms with Crippen LogP contribution in [0.25, 0.3) is 0 Å². The van der Waals surface area contributed by atoms with E-state index < -0.39 is 0 Å². The van der Waals surface area contributed by atoms with Crippen LogP contribution < -0.4 is 15.0 Å². The highest BCUT2D eigenvalue weighted by atomic mass is 32.1. The van der Waals surface area contributed by atoms with E-state index in [0.29, 0.717) is 11.7 Å². The monoisotopic (exact) mass is 458 g/mol. The topological polar surface area (TPSA) is 55.5 Å². The second-order valence-electron chi connectivity index (χ2n) is 8.19. The number of aryl methyl sites for hydroxylation is 1. The zero-order chi connectivity index (χ0) is 22.9. The number of methoxy groups -OCH3 is 1. The first-order valence-corrected chi connectivity index (χ1v) is 11.3. The highest BCUT2D eigenvalue weighted by Crippen LogP contribution is 2.43. The third kappa shape index (κ3) is 3.89.